The Morgan fingerprint density at radius 1 is 0.964 bits per heavy atom. The van der Waals surface area contributed by atoms with E-state index in [1.165, 1.54) is 6.42 Å². The van der Waals surface area contributed by atoms with Crippen LogP contribution >= 0.6 is 0 Å². The highest BCUT2D eigenvalue weighted by Gasteiger charge is 2.42. The molecule has 2 aromatic carbocycles. The lowest BCUT2D eigenvalue weighted by molar-refractivity contribution is 0.305. The Labute approximate surface area is 162 Å². The van der Waals surface area contributed by atoms with Gasteiger partial charge in [-0.25, -0.2) is 9.98 Å². The van der Waals surface area contributed by atoms with E-state index in [-0.39, 0.29) is 5.96 Å². The number of hydrogen-bond donors (Lipinski definition) is 2. The van der Waals surface area contributed by atoms with Crippen LogP contribution in [0.1, 0.15) is 32.1 Å². The second kappa shape index (κ2) is 6.37. The highest BCUT2D eigenvalue weighted by Crippen LogP contribution is 2.40. The smallest absolute Gasteiger partial charge is 0.227 e. The van der Waals surface area contributed by atoms with Crippen molar-refractivity contribution in [2.45, 2.75) is 37.8 Å². The quantitative estimate of drug-likeness (QED) is 0.713. The van der Waals surface area contributed by atoms with Crippen LogP contribution in [0, 0.1) is 0 Å². The summed E-state index contributed by atoms with van der Waals surface area (Å²) >= 11 is 0. The van der Waals surface area contributed by atoms with Crippen molar-refractivity contribution in [2.75, 3.05) is 4.90 Å². The molecule has 3 aromatic rings. The minimum absolute atomic E-state index is 0.253. The number of guanidine groups is 2. The van der Waals surface area contributed by atoms with Crippen LogP contribution in [0.15, 0.2) is 62.9 Å². The molecule has 1 saturated carbocycles. The van der Waals surface area contributed by atoms with Gasteiger partial charge in [0.15, 0.2) is 5.58 Å². The Bertz CT molecular complexity index is 1080. The van der Waals surface area contributed by atoms with E-state index < -0.39 is 5.66 Å². The Morgan fingerprint density at radius 3 is 2.54 bits per heavy atom. The van der Waals surface area contributed by atoms with Gasteiger partial charge in [-0.1, -0.05) is 24.6 Å². The monoisotopic (exact) mass is 374 g/mol. The lowest BCUT2D eigenvalue weighted by Crippen LogP contribution is -2.58. The van der Waals surface area contributed by atoms with Crippen LogP contribution < -0.4 is 16.4 Å². The number of hydrogen-bond acceptors (Lipinski definition) is 7. The molecular formula is C21H22N6O. The van der Waals surface area contributed by atoms with Crippen molar-refractivity contribution < 1.29 is 4.42 Å². The standard InChI is InChI=1S/C21H22N6O/c22-19-25-20(23)27(21(26-19)11-5-2-6-12-21)15-9-10-16-17(13-15)28-18(24-16)14-7-3-1-4-8-14/h1,3-4,7-10,13H,2,5-6,11-12H2,(H4,22,23,25,26). The van der Waals surface area contributed by atoms with E-state index >= 15 is 0 Å². The summed E-state index contributed by atoms with van der Waals surface area (Å²) in [5.74, 6) is 1.22. The van der Waals surface area contributed by atoms with Crippen molar-refractivity contribution in [3.05, 3.63) is 48.5 Å². The maximum Gasteiger partial charge on any atom is 0.227 e. The summed E-state index contributed by atoms with van der Waals surface area (Å²) in [6.07, 6.45) is 5.16. The molecule has 142 valence electrons. The third kappa shape index (κ3) is 2.70. The predicted molar refractivity (Wildman–Crippen MR) is 111 cm³/mol. The molecule has 0 atom stereocenters. The zero-order chi connectivity index (χ0) is 19.1. The third-order valence-electron chi connectivity index (χ3n) is 5.50. The van der Waals surface area contributed by atoms with Gasteiger partial charge in [0, 0.05) is 11.6 Å². The molecule has 0 saturated heterocycles. The molecule has 4 N–H and O–H groups in total. The van der Waals surface area contributed by atoms with Gasteiger partial charge in [-0.15, -0.1) is 0 Å². The van der Waals surface area contributed by atoms with Crippen LogP contribution in [0.3, 0.4) is 0 Å². The first-order valence-electron chi connectivity index (χ1n) is 9.60. The van der Waals surface area contributed by atoms with E-state index in [1.54, 1.807) is 0 Å². The van der Waals surface area contributed by atoms with Crippen molar-refractivity contribution in [3.8, 4) is 11.5 Å². The molecule has 0 amide bonds. The molecule has 7 nitrogen and oxygen atoms in total. The van der Waals surface area contributed by atoms with E-state index in [2.05, 4.69) is 9.98 Å². The molecule has 1 spiro atoms. The Morgan fingerprint density at radius 2 is 1.75 bits per heavy atom. The second-order valence-corrected chi connectivity index (χ2v) is 7.36. The predicted octanol–water partition coefficient (Wildman–Crippen LogP) is 3.60. The molecule has 1 aromatic heterocycles. The van der Waals surface area contributed by atoms with Crippen LogP contribution in [0.4, 0.5) is 5.69 Å². The lowest BCUT2D eigenvalue weighted by Gasteiger charge is -2.45. The molecule has 7 heteroatoms. The second-order valence-electron chi connectivity index (χ2n) is 7.36. The van der Waals surface area contributed by atoms with Crippen molar-refractivity contribution >= 4 is 28.7 Å². The van der Waals surface area contributed by atoms with Crippen LogP contribution in [-0.4, -0.2) is 22.6 Å². The molecule has 1 aliphatic heterocycles. The first-order chi connectivity index (χ1) is 13.6. The molecule has 1 fully saturated rings. The largest absolute Gasteiger partial charge is 0.436 e. The average molecular weight is 374 g/mol. The molecule has 5 rings (SSSR count). The summed E-state index contributed by atoms with van der Waals surface area (Å²) in [5, 5.41) is 0. The fraction of sp³-hybridized carbons (Fsp3) is 0.286. The number of benzene rings is 2. The number of nitrogens with zero attached hydrogens (tertiary/aromatic N) is 4. The van der Waals surface area contributed by atoms with E-state index in [4.69, 9.17) is 20.9 Å². The summed E-state index contributed by atoms with van der Waals surface area (Å²) in [7, 11) is 0. The van der Waals surface area contributed by atoms with Crippen molar-refractivity contribution in [3.63, 3.8) is 0 Å². The number of aliphatic imine (C=N–C) groups is 2. The van der Waals surface area contributed by atoms with Crippen LogP contribution in [0.2, 0.25) is 0 Å². The summed E-state index contributed by atoms with van der Waals surface area (Å²) in [6, 6.07) is 15.8. The van der Waals surface area contributed by atoms with E-state index in [9.17, 15) is 0 Å². The number of nitrogens with two attached hydrogens (primary N) is 2. The van der Waals surface area contributed by atoms with E-state index in [0.717, 1.165) is 42.5 Å². The third-order valence-corrected chi connectivity index (χ3v) is 5.50. The minimum Gasteiger partial charge on any atom is -0.436 e. The van der Waals surface area contributed by atoms with Gasteiger partial charge in [-0.2, -0.15) is 4.99 Å². The number of aromatic nitrogens is 1. The molecule has 0 bridgehead atoms. The molecule has 0 radical (unpaired) electrons. The molecule has 1 aliphatic carbocycles. The summed E-state index contributed by atoms with van der Waals surface area (Å²) in [4.78, 5) is 15.6. The van der Waals surface area contributed by atoms with Gasteiger partial charge in [0.1, 0.15) is 11.2 Å². The number of rotatable bonds is 2. The fourth-order valence-corrected chi connectivity index (χ4v) is 4.25. The van der Waals surface area contributed by atoms with Crippen molar-refractivity contribution in [1.29, 1.82) is 0 Å². The maximum absolute atomic E-state index is 6.32. The topological polar surface area (TPSA) is 106 Å². The summed E-state index contributed by atoms with van der Waals surface area (Å²) < 4.78 is 6.04. The number of fused-ring (bicyclic) bond motifs is 1. The Hall–Kier alpha value is -3.35. The first kappa shape index (κ1) is 16.8. The Balaban J connectivity index is 1.59. The van der Waals surface area contributed by atoms with E-state index in [0.29, 0.717) is 17.4 Å². The highest BCUT2D eigenvalue weighted by atomic mass is 16.3. The SMILES string of the molecule is NC1=NC2(CCCCC2)N(c2ccc3nc(-c4ccccc4)oc3c2)C(N)=N1. The van der Waals surface area contributed by atoms with Gasteiger partial charge >= 0.3 is 0 Å². The van der Waals surface area contributed by atoms with E-state index in [1.807, 2.05) is 53.4 Å². The first-order valence-corrected chi connectivity index (χ1v) is 9.60. The Kier molecular flexibility index (Phi) is 3.82. The summed E-state index contributed by atoms with van der Waals surface area (Å²) in [6.45, 7) is 0. The average Bonchev–Trinajstić information content (AvgIpc) is 3.12. The van der Waals surface area contributed by atoms with Crippen LogP contribution in [0.25, 0.3) is 22.6 Å². The van der Waals surface area contributed by atoms with Crippen LogP contribution in [0.5, 0.6) is 0 Å². The normalized spacial score (nSPS) is 18.9. The zero-order valence-electron chi connectivity index (χ0n) is 15.5. The van der Waals surface area contributed by atoms with Gasteiger partial charge in [0.25, 0.3) is 0 Å². The van der Waals surface area contributed by atoms with Gasteiger partial charge in [-0.05, 0) is 49.9 Å². The molecule has 0 unspecified atom stereocenters. The number of anilines is 1. The molecule has 2 heterocycles. The van der Waals surface area contributed by atoms with Gasteiger partial charge < -0.3 is 15.9 Å². The van der Waals surface area contributed by atoms with Crippen molar-refractivity contribution in [1.82, 2.24) is 4.98 Å². The zero-order valence-corrected chi connectivity index (χ0v) is 15.5. The lowest BCUT2D eigenvalue weighted by atomic mass is 9.87. The molecular weight excluding hydrogens is 352 g/mol. The number of oxazole rings is 1. The summed E-state index contributed by atoms with van der Waals surface area (Å²) in [5.41, 5.74) is 15.1. The van der Waals surface area contributed by atoms with Crippen molar-refractivity contribution in [2.24, 2.45) is 21.5 Å². The molecule has 2 aliphatic rings. The maximum atomic E-state index is 6.32. The van der Waals surface area contributed by atoms with Gasteiger partial charge in [-0.3, -0.25) is 4.90 Å². The minimum atomic E-state index is -0.468. The van der Waals surface area contributed by atoms with Gasteiger partial charge in [0.2, 0.25) is 17.8 Å². The highest BCUT2D eigenvalue weighted by molar-refractivity contribution is 6.06. The fourth-order valence-electron chi connectivity index (χ4n) is 4.25. The molecule has 28 heavy (non-hydrogen) atoms. The van der Waals surface area contributed by atoms with Crippen LogP contribution in [-0.2, 0) is 0 Å². The van der Waals surface area contributed by atoms with Gasteiger partial charge in [0.05, 0.1) is 5.69 Å².